The number of fused-ring (bicyclic) bond motifs is 1. The molecule has 3 heterocycles. The van der Waals surface area contributed by atoms with Gasteiger partial charge in [0.1, 0.15) is 0 Å². The number of aromatic amines is 1. The van der Waals surface area contributed by atoms with Crippen LogP contribution in [0.15, 0.2) is 49.1 Å². The van der Waals surface area contributed by atoms with Crippen molar-refractivity contribution in [3.63, 3.8) is 0 Å². The SMILES string of the molecule is CC(=O)N1CCN(Cc2cnc[nH]2)C[C@@H](Cc2cccc3cccnc23)C1. The molecule has 1 aliphatic heterocycles. The molecule has 1 N–H and O–H groups in total. The highest BCUT2D eigenvalue weighted by Crippen LogP contribution is 2.22. The molecule has 0 bridgehead atoms. The van der Waals surface area contributed by atoms with Crippen LogP contribution >= 0.6 is 0 Å². The van der Waals surface area contributed by atoms with Gasteiger partial charge in [-0.1, -0.05) is 24.3 Å². The Hall–Kier alpha value is -2.73. The maximum Gasteiger partial charge on any atom is 0.219 e. The van der Waals surface area contributed by atoms with Crippen molar-refractivity contribution < 1.29 is 4.79 Å². The van der Waals surface area contributed by atoms with E-state index in [4.69, 9.17) is 0 Å². The molecule has 1 saturated heterocycles. The van der Waals surface area contributed by atoms with Crippen LogP contribution in [0.5, 0.6) is 0 Å². The molecule has 1 aromatic carbocycles. The minimum atomic E-state index is 0.152. The average Bonchev–Trinajstić information content (AvgIpc) is 3.09. The molecule has 1 atom stereocenters. The number of H-pyrrole nitrogens is 1. The van der Waals surface area contributed by atoms with Gasteiger partial charge >= 0.3 is 0 Å². The number of hydrogen-bond acceptors (Lipinski definition) is 4. The maximum absolute atomic E-state index is 12.1. The van der Waals surface area contributed by atoms with Gasteiger partial charge in [-0.05, 0) is 24.0 Å². The lowest BCUT2D eigenvalue weighted by Gasteiger charge is -2.24. The zero-order valence-electron chi connectivity index (χ0n) is 15.6. The van der Waals surface area contributed by atoms with Gasteiger partial charge in [0.05, 0.1) is 11.8 Å². The lowest BCUT2D eigenvalue weighted by atomic mass is 9.96. The van der Waals surface area contributed by atoms with Crippen molar-refractivity contribution >= 4 is 16.8 Å². The largest absolute Gasteiger partial charge is 0.347 e. The Labute approximate surface area is 159 Å². The zero-order valence-corrected chi connectivity index (χ0v) is 15.6. The Bertz CT molecular complexity index is 903. The van der Waals surface area contributed by atoms with Gasteiger partial charge in [0.25, 0.3) is 0 Å². The average molecular weight is 363 g/mol. The highest BCUT2D eigenvalue weighted by molar-refractivity contribution is 5.81. The molecule has 0 aliphatic carbocycles. The number of imidazole rings is 1. The second kappa shape index (κ2) is 7.88. The van der Waals surface area contributed by atoms with Crippen LogP contribution in [0.25, 0.3) is 10.9 Å². The number of aromatic nitrogens is 3. The van der Waals surface area contributed by atoms with Crippen molar-refractivity contribution in [1.29, 1.82) is 0 Å². The first-order chi connectivity index (χ1) is 13.2. The first-order valence-electron chi connectivity index (χ1n) is 9.47. The Morgan fingerprint density at radius 3 is 2.93 bits per heavy atom. The normalized spacial score (nSPS) is 18.6. The number of pyridine rings is 1. The zero-order chi connectivity index (χ0) is 18.6. The number of carbonyl (C=O) groups is 1. The fourth-order valence-electron chi connectivity index (χ4n) is 3.99. The number of amides is 1. The molecule has 1 fully saturated rings. The van der Waals surface area contributed by atoms with Crippen LogP contribution in [0, 0.1) is 5.92 Å². The quantitative estimate of drug-likeness (QED) is 0.773. The maximum atomic E-state index is 12.1. The van der Waals surface area contributed by atoms with Crippen molar-refractivity contribution in [2.24, 2.45) is 5.92 Å². The van der Waals surface area contributed by atoms with Crippen LogP contribution in [-0.2, 0) is 17.8 Å². The molecule has 27 heavy (non-hydrogen) atoms. The van der Waals surface area contributed by atoms with E-state index < -0.39 is 0 Å². The topological polar surface area (TPSA) is 65.1 Å². The lowest BCUT2D eigenvalue weighted by molar-refractivity contribution is -0.129. The Kier molecular flexibility index (Phi) is 5.16. The van der Waals surface area contributed by atoms with Gasteiger partial charge in [-0.15, -0.1) is 0 Å². The molecule has 6 heteroatoms. The fraction of sp³-hybridized carbons (Fsp3) is 0.381. The van der Waals surface area contributed by atoms with Crippen LogP contribution in [-0.4, -0.2) is 56.8 Å². The van der Waals surface area contributed by atoms with E-state index in [0.29, 0.717) is 5.92 Å². The van der Waals surface area contributed by atoms with Crippen LogP contribution in [0.1, 0.15) is 18.2 Å². The fourth-order valence-corrected chi connectivity index (χ4v) is 3.99. The summed E-state index contributed by atoms with van der Waals surface area (Å²) in [5.41, 5.74) is 3.43. The van der Waals surface area contributed by atoms with Crippen LogP contribution < -0.4 is 0 Å². The summed E-state index contributed by atoms with van der Waals surface area (Å²) in [6, 6.07) is 10.4. The number of nitrogens with zero attached hydrogens (tertiary/aromatic N) is 4. The molecular formula is C21H25N5O. The number of para-hydroxylation sites is 1. The van der Waals surface area contributed by atoms with Gasteiger partial charge in [-0.3, -0.25) is 14.7 Å². The van der Waals surface area contributed by atoms with Crippen molar-refractivity contribution in [3.8, 4) is 0 Å². The molecule has 140 valence electrons. The summed E-state index contributed by atoms with van der Waals surface area (Å²) in [6.07, 6.45) is 6.36. The molecule has 0 saturated carbocycles. The summed E-state index contributed by atoms with van der Waals surface area (Å²) in [5.74, 6) is 0.520. The standard InChI is InChI=1S/C21H25N5O/c1-16(27)26-9-8-25(14-20-11-22-15-24-20)12-17(13-26)10-19-5-2-4-18-6-3-7-23-21(18)19/h2-7,11,15,17H,8-10,12-14H2,1H3,(H,22,24)/t17-/m1/s1. The Balaban J connectivity index is 1.56. The van der Waals surface area contributed by atoms with E-state index in [2.05, 4.69) is 44.1 Å². The van der Waals surface area contributed by atoms with Crippen molar-refractivity contribution in [3.05, 3.63) is 60.3 Å². The van der Waals surface area contributed by atoms with Crippen molar-refractivity contribution in [2.75, 3.05) is 26.2 Å². The highest BCUT2D eigenvalue weighted by Gasteiger charge is 2.25. The molecule has 0 radical (unpaired) electrons. The molecule has 6 nitrogen and oxygen atoms in total. The van der Waals surface area contributed by atoms with Crippen LogP contribution in [0.3, 0.4) is 0 Å². The van der Waals surface area contributed by atoms with E-state index in [9.17, 15) is 4.79 Å². The van der Waals surface area contributed by atoms with Gasteiger partial charge in [0.15, 0.2) is 0 Å². The van der Waals surface area contributed by atoms with Crippen LogP contribution in [0.4, 0.5) is 0 Å². The summed E-state index contributed by atoms with van der Waals surface area (Å²) in [4.78, 5) is 28.4. The predicted octanol–water partition coefficient (Wildman–Crippen LogP) is 2.48. The van der Waals surface area contributed by atoms with Gasteiger partial charge in [-0.2, -0.15) is 0 Å². The van der Waals surface area contributed by atoms with Gasteiger partial charge in [-0.25, -0.2) is 4.98 Å². The summed E-state index contributed by atoms with van der Waals surface area (Å²) in [6.45, 7) is 5.89. The summed E-state index contributed by atoms with van der Waals surface area (Å²) >= 11 is 0. The summed E-state index contributed by atoms with van der Waals surface area (Å²) < 4.78 is 0. The van der Waals surface area contributed by atoms with Crippen molar-refractivity contribution in [2.45, 2.75) is 19.9 Å². The Morgan fingerprint density at radius 2 is 2.11 bits per heavy atom. The first-order valence-corrected chi connectivity index (χ1v) is 9.47. The smallest absolute Gasteiger partial charge is 0.219 e. The minimum absolute atomic E-state index is 0.152. The van der Waals surface area contributed by atoms with E-state index in [1.165, 1.54) is 10.9 Å². The van der Waals surface area contributed by atoms with E-state index in [0.717, 1.165) is 50.4 Å². The number of carbonyl (C=O) groups excluding carboxylic acids is 1. The van der Waals surface area contributed by atoms with E-state index in [1.54, 1.807) is 13.3 Å². The monoisotopic (exact) mass is 363 g/mol. The number of benzene rings is 1. The predicted molar refractivity (Wildman–Crippen MR) is 105 cm³/mol. The second-order valence-corrected chi connectivity index (χ2v) is 7.34. The molecule has 0 spiro atoms. The van der Waals surface area contributed by atoms with Gasteiger partial charge in [0, 0.05) is 63.1 Å². The van der Waals surface area contributed by atoms with E-state index >= 15 is 0 Å². The molecule has 1 amide bonds. The number of rotatable bonds is 4. The van der Waals surface area contributed by atoms with E-state index in [1.807, 2.05) is 23.4 Å². The summed E-state index contributed by atoms with van der Waals surface area (Å²) in [7, 11) is 0. The molecule has 3 aromatic rings. The summed E-state index contributed by atoms with van der Waals surface area (Å²) in [5, 5.41) is 1.17. The minimum Gasteiger partial charge on any atom is -0.347 e. The first kappa shape index (κ1) is 17.7. The molecule has 0 unspecified atom stereocenters. The van der Waals surface area contributed by atoms with Crippen LogP contribution in [0.2, 0.25) is 0 Å². The van der Waals surface area contributed by atoms with E-state index in [-0.39, 0.29) is 5.91 Å². The lowest BCUT2D eigenvalue weighted by Crippen LogP contribution is -2.34. The third-order valence-electron chi connectivity index (χ3n) is 5.30. The molecule has 1 aliphatic rings. The molecule has 2 aromatic heterocycles. The molecular weight excluding hydrogens is 338 g/mol. The number of nitrogens with one attached hydrogen (secondary N) is 1. The third-order valence-corrected chi connectivity index (χ3v) is 5.30. The van der Waals surface area contributed by atoms with Gasteiger partial charge < -0.3 is 9.88 Å². The van der Waals surface area contributed by atoms with Crippen molar-refractivity contribution in [1.82, 2.24) is 24.8 Å². The van der Waals surface area contributed by atoms with Gasteiger partial charge in [0.2, 0.25) is 5.91 Å². The third kappa shape index (κ3) is 4.17. The number of hydrogen-bond donors (Lipinski definition) is 1. The highest BCUT2D eigenvalue weighted by atomic mass is 16.2. The molecule has 4 rings (SSSR count). The Morgan fingerprint density at radius 1 is 1.22 bits per heavy atom. The second-order valence-electron chi connectivity index (χ2n) is 7.34.